The van der Waals surface area contributed by atoms with Crippen LogP contribution >= 0.6 is 0 Å². The molecule has 1 aromatic carbocycles. The van der Waals surface area contributed by atoms with E-state index in [0.717, 1.165) is 0 Å². The van der Waals surface area contributed by atoms with Crippen molar-refractivity contribution in [3.63, 3.8) is 0 Å². The van der Waals surface area contributed by atoms with Crippen molar-refractivity contribution < 1.29 is 12.8 Å². The van der Waals surface area contributed by atoms with Crippen LogP contribution in [0.4, 0.5) is 21.7 Å². The van der Waals surface area contributed by atoms with E-state index in [1.807, 2.05) is 0 Å². The predicted octanol–water partition coefficient (Wildman–Crippen LogP) is 2.17. The zero-order valence-corrected chi connectivity index (χ0v) is 18.3. The highest BCUT2D eigenvalue weighted by Crippen LogP contribution is 2.35. The summed E-state index contributed by atoms with van der Waals surface area (Å²) in [5.41, 5.74) is 13.8. The Balaban J connectivity index is 1.61. The minimum Gasteiger partial charge on any atom is -0.382 e. The number of nitrogens with zero attached hydrogens (tertiary/aromatic N) is 6. The maximum atomic E-state index is 14.2. The second-order valence-electron chi connectivity index (χ2n) is 7.73. The molecule has 4 N–H and O–H groups in total. The number of fused-ring (bicyclic) bond motifs is 1. The number of halogens is 1. The molecule has 0 radical (unpaired) electrons. The molecule has 1 fully saturated rings. The van der Waals surface area contributed by atoms with E-state index < -0.39 is 10.0 Å². The third-order valence-electron chi connectivity index (χ3n) is 5.53. The molecule has 12 heteroatoms. The van der Waals surface area contributed by atoms with Crippen molar-refractivity contribution in [2.75, 3.05) is 28.1 Å². The van der Waals surface area contributed by atoms with Gasteiger partial charge in [0.2, 0.25) is 10.0 Å². The Hall–Kier alpha value is -3.80. The molecule has 5 rings (SSSR count). The smallest absolute Gasteiger partial charge is 0.235 e. The minimum absolute atomic E-state index is 0.0182. The SMILES string of the molecule is Nc1nc(-c2nn(Cc3ccccc3F)c3ncccc23)nc(N)c1N1CCCCS1(=O)=O. The molecule has 4 heterocycles. The summed E-state index contributed by atoms with van der Waals surface area (Å²) in [6.07, 6.45) is 2.88. The van der Waals surface area contributed by atoms with Gasteiger partial charge in [0.05, 0.1) is 17.7 Å². The molecule has 1 saturated heterocycles. The first-order valence-electron chi connectivity index (χ1n) is 10.3. The molecule has 33 heavy (non-hydrogen) atoms. The van der Waals surface area contributed by atoms with Crippen molar-refractivity contribution in [2.24, 2.45) is 0 Å². The van der Waals surface area contributed by atoms with Crippen molar-refractivity contribution >= 4 is 38.4 Å². The fraction of sp³-hybridized carbons (Fsp3) is 0.238. The lowest BCUT2D eigenvalue weighted by Gasteiger charge is -2.29. The highest BCUT2D eigenvalue weighted by Gasteiger charge is 2.31. The van der Waals surface area contributed by atoms with Crippen LogP contribution in [0.15, 0.2) is 42.6 Å². The number of rotatable bonds is 4. The number of anilines is 3. The van der Waals surface area contributed by atoms with Crippen LogP contribution in [0.25, 0.3) is 22.6 Å². The lowest BCUT2D eigenvalue weighted by molar-refractivity contribution is 0.574. The van der Waals surface area contributed by atoms with Crippen LogP contribution in [0.5, 0.6) is 0 Å². The Morgan fingerprint density at radius 2 is 1.79 bits per heavy atom. The summed E-state index contributed by atoms with van der Waals surface area (Å²) >= 11 is 0. The Kier molecular flexibility index (Phi) is 5.08. The Labute approximate surface area is 189 Å². The van der Waals surface area contributed by atoms with Gasteiger partial charge in [-0.25, -0.2) is 32.4 Å². The number of benzene rings is 1. The second-order valence-corrected chi connectivity index (χ2v) is 9.75. The molecule has 0 atom stereocenters. The number of hydrogen-bond donors (Lipinski definition) is 2. The molecule has 3 aromatic heterocycles. The van der Waals surface area contributed by atoms with Gasteiger partial charge in [-0.1, -0.05) is 18.2 Å². The summed E-state index contributed by atoms with van der Waals surface area (Å²) in [6.45, 7) is 0.415. The number of nitrogen functional groups attached to an aromatic ring is 2. The summed E-state index contributed by atoms with van der Waals surface area (Å²) in [6, 6.07) is 9.95. The Morgan fingerprint density at radius 3 is 2.52 bits per heavy atom. The Bertz CT molecular complexity index is 1450. The van der Waals surface area contributed by atoms with Gasteiger partial charge in [0.25, 0.3) is 0 Å². The maximum absolute atomic E-state index is 14.2. The van der Waals surface area contributed by atoms with Gasteiger partial charge in [-0.2, -0.15) is 5.10 Å². The van der Waals surface area contributed by atoms with E-state index in [2.05, 4.69) is 20.1 Å². The average Bonchev–Trinajstić information content (AvgIpc) is 3.14. The number of pyridine rings is 1. The number of aromatic nitrogens is 5. The van der Waals surface area contributed by atoms with Crippen LogP contribution in [0.3, 0.4) is 0 Å². The Morgan fingerprint density at radius 1 is 1.03 bits per heavy atom. The first-order chi connectivity index (χ1) is 15.8. The predicted molar refractivity (Wildman–Crippen MR) is 123 cm³/mol. The summed E-state index contributed by atoms with van der Waals surface area (Å²) in [7, 11) is -3.54. The monoisotopic (exact) mass is 468 g/mol. The quantitative estimate of drug-likeness (QED) is 0.463. The molecule has 0 spiro atoms. The van der Waals surface area contributed by atoms with Crippen molar-refractivity contribution in [3.8, 4) is 11.5 Å². The van der Waals surface area contributed by atoms with E-state index in [0.29, 0.717) is 35.1 Å². The number of nitrogens with two attached hydrogens (primary N) is 2. The van der Waals surface area contributed by atoms with Crippen LogP contribution < -0.4 is 15.8 Å². The van der Waals surface area contributed by atoms with E-state index in [1.54, 1.807) is 41.2 Å². The average molecular weight is 469 g/mol. The van der Waals surface area contributed by atoms with E-state index >= 15 is 0 Å². The van der Waals surface area contributed by atoms with Crippen molar-refractivity contribution in [1.29, 1.82) is 0 Å². The topological polar surface area (TPSA) is 146 Å². The first kappa shape index (κ1) is 21.1. The molecular formula is C21H21FN8O2S. The molecule has 0 bridgehead atoms. The normalized spacial score (nSPS) is 15.7. The van der Waals surface area contributed by atoms with Gasteiger partial charge in [-0.15, -0.1) is 0 Å². The van der Waals surface area contributed by atoms with Crippen LogP contribution in [-0.4, -0.2) is 45.4 Å². The van der Waals surface area contributed by atoms with Gasteiger partial charge in [-0.3, -0.25) is 4.31 Å². The minimum atomic E-state index is -3.54. The standard InChI is InChI=1S/C21H21FN8O2S/c22-15-8-2-1-6-13(15)12-29-21-14(7-5-9-25-21)16(28-29)20-26-18(23)17(19(24)27-20)30-10-3-4-11-33(30,31)32/h1-2,5-9H,3-4,10-12H2,(H4,23,24,26,27). The van der Waals surface area contributed by atoms with Crippen LogP contribution in [0.2, 0.25) is 0 Å². The van der Waals surface area contributed by atoms with Gasteiger partial charge in [0, 0.05) is 18.3 Å². The molecule has 0 aliphatic carbocycles. The molecule has 0 amide bonds. The van der Waals surface area contributed by atoms with Crippen molar-refractivity contribution in [2.45, 2.75) is 19.4 Å². The molecule has 10 nitrogen and oxygen atoms in total. The van der Waals surface area contributed by atoms with Crippen LogP contribution in [0, 0.1) is 5.82 Å². The van der Waals surface area contributed by atoms with E-state index in [-0.39, 0.29) is 47.8 Å². The van der Waals surface area contributed by atoms with E-state index in [4.69, 9.17) is 11.5 Å². The van der Waals surface area contributed by atoms with Crippen molar-refractivity contribution in [1.82, 2.24) is 24.7 Å². The van der Waals surface area contributed by atoms with Gasteiger partial charge in [-0.05, 0) is 31.0 Å². The molecule has 0 unspecified atom stereocenters. The summed E-state index contributed by atoms with van der Waals surface area (Å²) in [4.78, 5) is 13.1. The second kappa shape index (κ2) is 7.96. The summed E-state index contributed by atoms with van der Waals surface area (Å²) < 4.78 is 42.0. The third kappa shape index (κ3) is 3.71. The van der Waals surface area contributed by atoms with Crippen LogP contribution in [-0.2, 0) is 16.6 Å². The first-order valence-corrected chi connectivity index (χ1v) is 11.9. The number of sulfonamides is 1. The molecule has 170 valence electrons. The zero-order valence-electron chi connectivity index (χ0n) is 17.5. The highest BCUT2D eigenvalue weighted by molar-refractivity contribution is 7.92. The molecule has 4 aromatic rings. The van der Waals surface area contributed by atoms with Gasteiger partial charge in [0.1, 0.15) is 17.2 Å². The summed E-state index contributed by atoms with van der Waals surface area (Å²) in [5, 5.41) is 5.20. The van der Waals surface area contributed by atoms with Crippen molar-refractivity contribution in [3.05, 3.63) is 54.0 Å². The van der Waals surface area contributed by atoms with E-state index in [9.17, 15) is 12.8 Å². The molecule has 1 aliphatic heterocycles. The maximum Gasteiger partial charge on any atom is 0.235 e. The van der Waals surface area contributed by atoms with Gasteiger partial charge >= 0.3 is 0 Å². The zero-order chi connectivity index (χ0) is 23.2. The largest absolute Gasteiger partial charge is 0.382 e. The van der Waals surface area contributed by atoms with Gasteiger partial charge < -0.3 is 11.5 Å². The number of hydrogen-bond acceptors (Lipinski definition) is 8. The lowest BCUT2D eigenvalue weighted by atomic mass is 10.2. The molecule has 0 saturated carbocycles. The fourth-order valence-corrected chi connectivity index (χ4v) is 5.63. The van der Waals surface area contributed by atoms with E-state index in [1.165, 1.54) is 10.4 Å². The highest BCUT2D eigenvalue weighted by atomic mass is 32.2. The summed E-state index contributed by atoms with van der Waals surface area (Å²) in [5.74, 6) is -0.305. The van der Waals surface area contributed by atoms with Crippen LogP contribution in [0.1, 0.15) is 18.4 Å². The lowest BCUT2D eigenvalue weighted by Crippen LogP contribution is -2.39. The van der Waals surface area contributed by atoms with Gasteiger partial charge in [0.15, 0.2) is 23.1 Å². The molecule has 1 aliphatic rings. The molecular weight excluding hydrogens is 447 g/mol. The fourth-order valence-electron chi connectivity index (χ4n) is 3.96. The third-order valence-corrected chi connectivity index (χ3v) is 7.37.